The minimum Gasteiger partial charge on any atom is -0.383 e. The molecule has 18 heavy (non-hydrogen) atoms. The fourth-order valence-electron chi connectivity index (χ4n) is 1.88. The number of nitrogens with one attached hydrogen (secondary N) is 1. The first-order valence-corrected chi connectivity index (χ1v) is 6.00. The molecule has 0 aliphatic rings. The molecule has 1 atom stereocenters. The maximum atomic E-state index is 12.3. The number of amides is 1. The maximum Gasteiger partial charge on any atom is 0.259 e. The van der Waals surface area contributed by atoms with Crippen molar-refractivity contribution in [1.29, 1.82) is 0 Å². The number of aromatic amines is 1. The first-order chi connectivity index (χ1) is 8.51. The zero-order chi connectivity index (χ0) is 13.7. The normalized spacial score (nSPS) is 12.2. The summed E-state index contributed by atoms with van der Waals surface area (Å²) >= 11 is 0. The van der Waals surface area contributed by atoms with Gasteiger partial charge in [-0.05, 0) is 20.8 Å². The number of ether oxygens (including phenoxy) is 1. The van der Waals surface area contributed by atoms with Gasteiger partial charge in [-0.3, -0.25) is 9.59 Å². The number of methoxy groups -OCH3 is 1. The molecule has 0 radical (unpaired) electrons. The van der Waals surface area contributed by atoms with E-state index in [1.807, 2.05) is 13.8 Å². The quantitative estimate of drug-likeness (QED) is 0.856. The maximum absolute atomic E-state index is 12.3. The summed E-state index contributed by atoms with van der Waals surface area (Å²) in [6.45, 7) is 6.54. The molecule has 0 saturated heterocycles. The van der Waals surface area contributed by atoms with Crippen molar-refractivity contribution in [2.75, 3.05) is 20.3 Å². The van der Waals surface area contributed by atoms with Gasteiger partial charge in [0.05, 0.1) is 12.6 Å². The molecule has 100 valence electrons. The first-order valence-electron chi connectivity index (χ1n) is 6.00. The fourth-order valence-corrected chi connectivity index (χ4v) is 1.88. The van der Waals surface area contributed by atoms with Gasteiger partial charge in [-0.1, -0.05) is 0 Å². The lowest BCUT2D eigenvalue weighted by Gasteiger charge is -2.27. The number of nitrogens with zero attached hydrogens (tertiary/aromatic N) is 1. The second kappa shape index (κ2) is 6.35. The molecule has 1 aromatic heterocycles. The number of likely N-dealkylation sites (N-methyl/N-ethyl adjacent to an activating group) is 1. The largest absolute Gasteiger partial charge is 0.383 e. The number of hydrogen-bond donors (Lipinski definition) is 1. The van der Waals surface area contributed by atoms with Gasteiger partial charge in [-0.15, -0.1) is 0 Å². The van der Waals surface area contributed by atoms with Gasteiger partial charge < -0.3 is 14.6 Å². The summed E-state index contributed by atoms with van der Waals surface area (Å²) in [6.07, 6.45) is 1.47. The van der Waals surface area contributed by atoms with Crippen LogP contribution in [0.5, 0.6) is 0 Å². The van der Waals surface area contributed by atoms with Crippen LogP contribution >= 0.6 is 0 Å². The lowest BCUT2D eigenvalue weighted by Crippen LogP contribution is -2.42. The third kappa shape index (κ3) is 3.20. The van der Waals surface area contributed by atoms with E-state index in [2.05, 4.69) is 4.98 Å². The van der Waals surface area contributed by atoms with E-state index in [0.29, 0.717) is 13.2 Å². The summed E-state index contributed by atoms with van der Waals surface area (Å²) in [4.78, 5) is 28.6. The Balaban J connectivity index is 3.00. The number of pyridine rings is 1. The standard InChI is InChI=1S/C13H20N2O3/c1-5-15(10(3)8-18-4)13(17)11-7-14-9(2)6-12(11)16/h6-7,10H,5,8H2,1-4H3,(H,14,16). The molecule has 0 aliphatic carbocycles. The Bertz CT molecular complexity index is 468. The van der Waals surface area contributed by atoms with E-state index in [9.17, 15) is 9.59 Å². The number of aryl methyl sites for hydroxylation is 1. The highest BCUT2D eigenvalue weighted by Gasteiger charge is 2.21. The van der Waals surface area contributed by atoms with Crippen LogP contribution in [0.4, 0.5) is 0 Å². The van der Waals surface area contributed by atoms with Crippen LogP contribution < -0.4 is 5.43 Å². The predicted octanol–water partition coefficient (Wildman–Crippen LogP) is 1.18. The minimum absolute atomic E-state index is 0.0618. The predicted molar refractivity (Wildman–Crippen MR) is 69.8 cm³/mol. The number of carbonyl (C=O) groups is 1. The molecule has 1 unspecified atom stereocenters. The van der Waals surface area contributed by atoms with Crippen LogP contribution in [0.3, 0.4) is 0 Å². The van der Waals surface area contributed by atoms with Gasteiger partial charge in [-0.2, -0.15) is 0 Å². The van der Waals surface area contributed by atoms with Gasteiger partial charge >= 0.3 is 0 Å². The number of aromatic nitrogens is 1. The van der Waals surface area contributed by atoms with Crippen molar-refractivity contribution < 1.29 is 9.53 Å². The summed E-state index contributed by atoms with van der Waals surface area (Å²) in [7, 11) is 1.59. The van der Waals surface area contributed by atoms with E-state index in [4.69, 9.17) is 4.74 Å². The fraction of sp³-hybridized carbons (Fsp3) is 0.538. The molecule has 5 heteroatoms. The Morgan fingerprint density at radius 2 is 2.22 bits per heavy atom. The van der Waals surface area contributed by atoms with Gasteiger partial charge in [0.1, 0.15) is 5.56 Å². The Hall–Kier alpha value is -1.62. The van der Waals surface area contributed by atoms with Crippen molar-refractivity contribution in [2.24, 2.45) is 0 Å². The van der Waals surface area contributed by atoms with Crippen molar-refractivity contribution in [3.63, 3.8) is 0 Å². The van der Waals surface area contributed by atoms with Crippen molar-refractivity contribution in [3.8, 4) is 0 Å². The number of hydrogen-bond acceptors (Lipinski definition) is 3. The van der Waals surface area contributed by atoms with Gasteiger partial charge in [0, 0.05) is 31.6 Å². The van der Waals surface area contributed by atoms with E-state index in [-0.39, 0.29) is 22.9 Å². The highest BCUT2D eigenvalue weighted by molar-refractivity contribution is 5.94. The average molecular weight is 252 g/mol. The van der Waals surface area contributed by atoms with Crippen molar-refractivity contribution in [1.82, 2.24) is 9.88 Å². The summed E-state index contributed by atoms with van der Waals surface area (Å²) in [5, 5.41) is 0. The Labute approximate surface area is 107 Å². The Kier molecular flexibility index (Phi) is 5.09. The topological polar surface area (TPSA) is 62.4 Å². The second-order valence-electron chi connectivity index (χ2n) is 4.29. The summed E-state index contributed by atoms with van der Waals surface area (Å²) < 4.78 is 5.04. The highest BCUT2D eigenvalue weighted by Crippen LogP contribution is 2.05. The smallest absolute Gasteiger partial charge is 0.259 e. The van der Waals surface area contributed by atoms with Crippen LogP contribution in [0, 0.1) is 6.92 Å². The van der Waals surface area contributed by atoms with E-state index in [1.54, 1.807) is 18.9 Å². The second-order valence-corrected chi connectivity index (χ2v) is 4.29. The zero-order valence-corrected chi connectivity index (χ0v) is 11.3. The van der Waals surface area contributed by atoms with E-state index in [0.717, 1.165) is 5.69 Å². The molecule has 0 bridgehead atoms. The molecule has 1 N–H and O–H groups in total. The molecule has 0 spiro atoms. The summed E-state index contributed by atoms with van der Waals surface area (Å²) in [5.41, 5.74) is 0.661. The molecule has 1 aromatic rings. The Morgan fingerprint density at radius 3 is 2.72 bits per heavy atom. The average Bonchev–Trinajstić information content (AvgIpc) is 2.29. The van der Waals surface area contributed by atoms with Crippen LogP contribution in [0.2, 0.25) is 0 Å². The van der Waals surface area contributed by atoms with Crippen LogP contribution in [0.15, 0.2) is 17.1 Å². The highest BCUT2D eigenvalue weighted by atomic mass is 16.5. The molecule has 0 saturated carbocycles. The summed E-state index contributed by atoms with van der Waals surface area (Å²) in [6, 6.07) is 1.37. The number of carbonyl (C=O) groups excluding carboxylic acids is 1. The van der Waals surface area contributed by atoms with Gasteiger partial charge in [0.15, 0.2) is 5.43 Å². The zero-order valence-electron chi connectivity index (χ0n) is 11.3. The van der Waals surface area contributed by atoms with Crippen molar-refractivity contribution in [3.05, 3.63) is 33.7 Å². The van der Waals surface area contributed by atoms with Crippen molar-refractivity contribution >= 4 is 5.91 Å². The number of rotatable bonds is 5. The van der Waals surface area contributed by atoms with E-state index < -0.39 is 0 Å². The van der Waals surface area contributed by atoms with Gasteiger partial charge in [-0.25, -0.2) is 0 Å². The molecule has 0 aromatic carbocycles. The number of H-pyrrole nitrogens is 1. The first kappa shape index (κ1) is 14.4. The lowest BCUT2D eigenvalue weighted by atomic mass is 10.2. The molecule has 5 nitrogen and oxygen atoms in total. The van der Waals surface area contributed by atoms with Crippen LogP contribution in [0.1, 0.15) is 29.9 Å². The van der Waals surface area contributed by atoms with Gasteiger partial charge in [0.2, 0.25) is 0 Å². The van der Waals surface area contributed by atoms with Gasteiger partial charge in [0.25, 0.3) is 5.91 Å². The molecule has 1 amide bonds. The minimum atomic E-state index is -0.261. The van der Waals surface area contributed by atoms with E-state index >= 15 is 0 Å². The van der Waals surface area contributed by atoms with Crippen LogP contribution in [0.25, 0.3) is 0 Å². The van der Waals surface area contributed by atoms with Crippen LogP contribution in [-0.4, -0.2) is 42.1 Å². The molecule has 1 heterocycles. The Morgan fingerprint density at radius 1 is 1.56 bits per heavy atom. The molecule has 0 aliphatic heterocycles. The lowest BCUT2D eigenvalue weighted by molar-refractivity contribution is 0.0577. The molecule has 1 rings (SSSR count). The summed E-state index contributed by atoms with van der Waals surface area (Å²) in [5.74, 6) is -0.261. The van der Waals surface area contributed by atoms with Crippen LogP contribution in [-0.2, 0) is 4.74 Å². The third-order valence-corrected chi connectivity index (χ3v) is 2.83. The molecular weight excluding hydrogens is 232 g/mol. The third-order valence-electron chi connectivity index (χ3n) is 2.83. The SMILES string of the molecule is CCN(C(=O)c1c[nH]c(C)cc1=O)C(C)COC. The monoisotopic (exact) mass is 252 g/mol. The molecular formula is C13H20N2O3. The van der Waals surface area contributed by atoms with E-state index in [1.165, 1.54) is 12.3 Å². The molecule has 0 fully saturated rings. The van der Waals surface area contributed by atoms with Crippen molar-refractivity contribution in [2.45, 2.75) is 26.8 Å².